The van der Waals surface area contributed by atoms with E-state index >= 15 is 0 Å². The summed E-state index contributed by atoms with van der Waals surface area (Å²) in [5.74, 6) is 0.0957. The van der Waals surface area contributed by atoms with E-state index in [-0.39, 0.29) is 18.0 Å². The first-order chi connectivity index (χ1) is 9.97. The second-order valence-corrected chi connectivity index (χ2v) is 6.02. The number of amides is 1. The van der Waals surface area contributed by atoms with Gasteiger partial charge < -0.3 is 9.88 Å². The zero-order chi connectivity index (χ0) is 15.4. The number of aromatic nitrogens is 1. The van der Waals surface area contributed by atoms with Crippen LogP contribution in [-0.2, 0) is 11.3 Å². The Balaban J connectivity index is 2.16. The highest BCUT2D eigenvalue weighted by molar-refractivity contribution is 9.10. The van der Waals surface area contributed by atoms with Crippen molar-refractivity contribution in [1.82, 2.24) is 4.57 Å². The molecule has 2 aromatic rings. The molecule has 0 spiro atoms. The average Bonchev–Trinajstić information content (AvgIpc) is 2.43. The van der Waals surface area contributed by atoms with E-state index in [0.29, 0.717) is 5.92 Å². The Morgan fingerprint density at radius 1 is 1.24 bits per heavy atom. The van der Waals surface area contributed by atoms with Crippen LogP contribution in [0.15, 0.2) is 51.9 Å². The molecule has 0 radical (unpaired) electrons. The Kier molecular flexibility index (Phi) is 4.96. The maximum Gasteiger partial charge on any atom is 0.251 e. The minimum absolute atomic E-state index is 0.00922. The number of nitrogens with one attached hydrogen (secondary N) is 1. The van der Waals surface area contributed by atoms with E-state index in [4.69, 9.17) is 0 Å². The van der Waals surface area contributed by atoms with Crippen LogP contribution in [-0.4, -0.2) is 10.5 Å². The van der Waals surface area contributed by atoms with Gasteiger partial charge in [-0.3, -0.25) is 9.59 Å². The predicted molar refractivity (Wildman–Crippen MR) is 87.6 cm³/mol. The van der Waals surface area contributed by atoms with Gasteiger partial charge in [0, 0.05) is 22.4 Å². The Hall–Kier alpha value is -1.88. The molecule has 1 heterocycles. The van der Waals surface area contributed by atoms with Crippen molar-refractivity contribution in [3.05, 3.63) is 63.0 Å². The molecule has 1 N–H and O–H groups in total. The first kappa shape index (κ1) is 15.5. The fraction of sp³-hybridized carbons (Fsp3) is 0.250. The molecule has 5 heteroatoms. The number of rotatable bonds is 4. The van der Waals surface area contributed by atoms with Gasteiger partial charge in [-0.25, -0.2) is 0 Å². The van der Waals surface area contributed by atoms with Crippen molar-refractivity contribution in [2.24, 2.45) is 0 Å². The van der Waals surface area contributed by atoms with Crippen LogP contribution in [0.25, 0.3) is 0 Å². The molecule has 0 saturated carbocycles. The van der Waals surface area contributed by atoms with E-state index in [1.165, 1.54) is 10.6 Å². The molecule has 0 unspecified atom stereocenters. The number of pyridine rings is 1. The van der Waals surface area contributed by atoms with Crippen LogP contribution in [0.4, 0.5) is 5.69 Å². The number of carbonyl (C=O) groups is 1. The lowest BCUT2D eigenvalue weighted by molar-refractivity contribution is -0.116. The first-order valence-corrected chi connectivity index (χ1v) is 7.51. The lowest BCUT2D eigenvalue weighted by Gasteiger charge is -2.14. The van der Waals surface area contributed by atoms with Gasteiger partial charge in [0.15, 0.2) is 0 Å². The molecular weight excluding hydrogens is 332 g/mol. The summed E-state index contributed by atoms with van der Waals surface area (Å²) < 4.78 is 2.13. The molecule has 0 aliphatic rings. The summed E-state index contributed by atoms with van der Waals surface area (Å²) in [6.07, 6.45) is 1.61. The second kappa shape index (κ2) is 6.72. The monoisotopic (exact) mass is 348 g/mol. The van der Waals surface area contributed by atoms with Crippen LogP contribution in [0.1, 0.15) is 25.3 Å². The summed E-state index contributed by atoms with van der Waals surface area (Å²) in [4.78, 5) is 23.8. The summed E-state index contributed by atoms with van der Waals surface area (Å²) in [6, 6.07) is 10.8. The molecule has 110 valence electrons. The van der Waals surface area contributed by atoms with Gasteiger partial charge in [-0.1, -0.05) is 32.0 Å². The number of carbonyl (C=O) groups excluding carboxylic acids is 1. The molecule has 4 nitrogen and oxygen atoms in total. The normalized spacial score (nSPS) is 10.7. The number of para-hydroxylation sites is 1. The fourth-order valence-electron chi connectivity index (χ4n) is 2.08. The van der Waals surface area contributed by atoms with Crippen LogP contribution in [0, 0.1) is 0 Å². The topological polar surface area (TPSA) is 51.1 Å². The Morgan fingerprint density at radius 3 is 2.67 bits per heavy atom. The summed E-state index contributed by atoms with van der Waals surface area (Å²) in [6.45, 7) is 4.14. The number of hydrogen-bond acceptors (Lipinski definition) is 2. The van der Waals surface area contributed by atoms with Gasteiger partial charge in [-0.2, -0.15) is 0 Å². The van der Waals surface area contributed by atoms with Crippen molar-refractivity contribution in [2.75, 3.05) is 5.32 Å². The van der Waals surface area contributed by atoms with Gasteiger partial charge in [0.1, 0.15) is 6.54 Å². The quantitative estimate of drug-likeness (QED) is 0.920. The largest absolute Gasteiger partial charge is 0.324 e. The number of halogens is 1. The SMILES string of the molecule is CC(C)c1ccccc1NC(=O)Cn1cc(Br)ccc1=O. The summed E-state index contributed by atoms with van der Waals surface area (Å²) in [7, 11) is 0. The molecular formula is C16H17BrN2O2. The highest BCUT2D eigenvalue weighted by Gasteiger charge is 2.10. The molecule has 2 rings (SSSR count). The predicted octanol–water partition coefficient (Wildman–Crippen LogP) is 3.37. The van der Waals surface area contributed by atoms with Gasteiger partial charge in [0.25, 0.3) is 5.56 Å². The summed E-state index contributed by atoms with van der Waals surface area (Å²) in [5, 5.41) is 2.87. The number of benzene rings is 1. The molecule has 1 amide bonds. The van der Waals surface area contributed by atoms with Crippen LogP contribution in [0.5, 0.6) is 0 Å². The van der Waals surface area contributed by atoms with E-state index in [1.54, 1.807) is 12.3 Å². The van der Waals surface area contributed by atoms with Crippen molar-refractivity contribution in [1.29, 1.82) is 0 Å². The zero-order valence-electron chi connectivity index (χ0n) is 12.0. The molecule has 1 aromatic heterocycles. The second-order valence-electron chi connectivity index (χ2n) is 5.10. The highest BCUT2D eigenvalue weighted by Crippen LogP contribution is 2.23. The minimum Gasteiger partial charge on any atom is -0.324 e. The van der Waals surface area contributed by atoms with Crippen LogP contribution >= 0.6 is 15.9 Å². The van der Waals surface area contributed by atoms with Crippen molar-refractivity contribution < 1.29 is 4.79 Å². The van der Waals surface area contributed by atoms with E-state index in [9.17, 15) is 9.59 Å². The first-order valence-electron chi connectivity index (χ1n) is 6.72. The minimum atomic E-state index is -0.219. The third kappa shape index (κ3) is 4.04. The third-order valence-electron chi connectivity index (χ3n) is 3.12. The maximum atomic E-state index is 12.1. The average molecular weight is 349 g/mol. The fourth-order valence-corrected chi connectivity index (χ4v) is 2.46. The standard InChI is InChI=1S/C16H17BrN2O2/c1-11(2)13-5-3-4-6-14(13)18-15(20)10-19-9-12(17)7-8-16(19)21/h3-9,11H,10H2,1-2H3,(H,18,20). The number of nitrogens with zero attached hydrogens (tertiary/aromatic N) is 1. The van der Waals surface area contributed by atoms with Gasteiger partial charge in [0.2, 0.25) is 5.91 Å². The lowest BCUT2D eigenvalue weighted by atomic mass is 10.0. The molecule has 0 atom stereocenters. The van der Waals surface area contributed by atoms with Gasteiger partial charge in [-0.05, 0) is 39.5 Å². The van der Waals surface area contributed by atoms with Crippen molar-refractivity contribution in [3.8, 4) is 0 Å². The Bertz CT molecular complexity index is 707. The van der Waals surface area contributed by atoms with Crippen LogP contribution in [0.3, 0.4) is 0 Å². The van der Waals surface area contributed by atoms with Crippen LogP contribution in [0.2, 0.25) is 0 Å². The molecule has 0 saturated heterocycles. The molecule has 0 bridgehead atoms. The van der Waals surface area contributed by atoms with Gasteiger partial charge >= 0.3 is 0 Å². The summed E-state index contributed by atoms with van der Waals surface area (Å²) in [5.41, 5.74) is 1.67. The zero-order valence-corrected chi connectivity index (χ0v) is 13.6. The van der Waals surface area contributed by atoms with E-state index in [2.05, 4.69) is 35.1 Å². The number of anilines is 1. The maximum absolute atomic E-state index is 12.1. The molecule has 0 aliphatic carbocycles. The highest BCUT2D eigenvalue weighted by atomic mass is 79.9. The van der Waals surface area contributed by atoms with Gasteiger partial charge in [0.05, 0.1) is 0 Å². The van der Waals surface area contributed by atoms with Crippen molar-refractivity contribution in [3.63, 3.8) is 0 Å². The van der Waals surface area contributed by atoms with E-state index in [0.717, 1.165) is 15.7 Å². The van der Waals surface area contributed by atoms with E-state index in [1.807, 2.05) is 24.3 Å². The smallest absolute Gasteiger partial charge is 0.251 e. The summed E-state index contributed by atoms with van der Waals surface area (Å²) >= 11 is 3.29. The Morgan fingerprint density at radius 2 is 1.95 bits per heavy atom. The molecule has 1 aromatic carbocycles. The third-order valence-corrected chi connectivity index (χ3v) is 3.59. The Labute approximate surface area is 131 Å². The van der Waals surface area contributed by atoms with Crippen LogP contribution < -0.4 is 10.9 Å². The van der Waals surface area contributed by atoms with Crippen molar-refractivity contribution in [2.45, 2.75) is 26.3 Å². The van der Waals surface area contributed by atoms with Crippen molar-refractivity contribution >= 4 is 27.5 Å². The van der Waals surface area contributed by atoms with E-state index < -0.39 is 0 Å². The molecule has 0 aliphatic heterocycles. The number of hydrogen-bond donors (Lipinski definition) is 1. The van der Waals surface area contributed by atoms with Gasteiger partial charge in [-0.15, -0.1) is 0 Å². The molecule has 21 heavy (non-hydrogen) atoms. The molecule has 0 fully saturated rings. The lowest BCUT2D eigenvalue weighted by Crippen LogP contribution is -2.27.